The lowest BCUT2D eigenvalue weighted by molar-refractivity contribution is -0.809. The molecule has 3 unspecified atom stereocenters. The predicted molar refractivity (Wildman–Crippen MR) is 97.2 cm³/mol. The number of rotatable bonds is 4. The summed E-state index contributed by atoms with van der Waals surface area (Å²) in [6.07, 6.45) is 4.81. The first-order valence-electron chi connectivity index (χ1n) is 8.98. The van der Waals surface area contributed by atoms with Crippen LogP contribution in [0.25, 0.3) is 0 Å². The van der Waals surface area contributed by atoms with E-state index in [2.05, 4.69) is 11.2 Å². The number of nitrogens with one attached hydrogen (secondary N) is 1. The van der Waals surface area contributed by atoms with E-state index in [1.807, 2.05) is 13.8 Å². The molecule has 1 aliphatic rings. The molecule has 4 atom stereocenters. The molecule has 0 radical (unpaired) electrons. The zero-order valence-corrected chi connectivity index (χ0v) is 16.5. The van der Waals surface area contributed by atoms with E-state index in [1.54, 1.807) is 27.7 Å². The first-order valence-corrected chi connectivity index (χ1v) is 8.98. The summed E-state index contributed by atoms with van der Waals surface area (Å²) in [5.41, 5.74) is -0.725. The molecule has 7 nitrogen and oxygen atoms in total. The molecular weight excluding hydrogens is 336 g/mol. The Morgan fingerprint density at radius 1 is 1.31 bits per heavy atom. The lowest BCUT2D eigenvalue weighted by Crippen LogP contribution is -2.67. The Kier molecular flexibility index (Phi) is 6.83. The van der Waals surface area contributed by atoms with Gasteiger partial charge < -0.3 is 15.2 Å². The van der Waals surface area contributed by atoms with Crippen molar-refractivity contribution < 1.29 is 28.7 Å². The van der Waals surface area contributed by atoms with Crippen LogP contribution in [0, 0.1) is 18.3 Å². The van der Waals surface area contributed by atoms with Crippen molar-refractivity contribution in [3.05, 3.63) is 0 Å². The number of quaternary nitrogens is 1. The smallest absolute Gasteiger partial charge is 0.444 e. The van der Waals surface area contributed by atoms with Crippen LogP contribution in [-0.2, 0) is 9.53 Å². The predicted octanol–water partition coefficient (Wildman–Crippen LogP) is 3.13. The first kappa shape index (κ1) is 22.0. The topological polar surface area (TPSA) is 92.7 Å². The number of nitrogens with zero attached hydrogens (tertiary/aromatic N) is 1. The van der Waals surface area contributed by atoms with Gasteiger partial charge in [-0.15, -0.1) is 10.9 Å². The number of hydrogen-bond acceptors (Lipinski definition) is 4. The van der Waals surface area contributed by atoms with E-state index < -0.39 is 46.3 Å². The third-order valence-electron chi connectivity index (χ3n) is 4.61. The molecule has 7 heteroatoms. The van der Waals surface area contributed by atoms with Crippen molar-refractivity contribution in [1.29, 1.82) is 0 Å². The van der Waals surface area contributed by atoms with E-state index in [1.165, 1.54) is 0 Å². The summed E-state index contributed by atoms with van der Waals surface area (Å²) in [4.78, 5) is 37.7. The number of amides is 3. The van der Waals surface area contributed by atoms with Crippen LogP contribution in [0.4, 0.5) is 9.59 Å². The fraction of sp³-hybridized carbons (Fsp3) is 0.737. The van der Waals surface area contributed by atoms with Gasteiger partial charge in [0.1, 0.15) is 17.7 Å². The van der Waals surface area contributed by atoms with E-state index in [4.69, 9.17) is 11.2 Å². The van der Waals surface area contributed by atoms with E-state index >= 15 is 0 Å². The van der Waals surface area contributed by atoms with Crippen molar-refractivity contribution in [3.63, 3.8) is 0 Å². The number of carbonyl (C=O) groups excluding carboxylic acids is 2. The highest BCUT2D eigenvalue weighted by atomic mass is 16.6. The normalized spacial score (nSPS) is 26.8. The summed E-state index contributed by atoms with van der Waals surface area (Å²) in [6.45, 7) is 10.7. The van der Waals surface area contributed by atoms with Crippen molar-refractivity contribution in [2.45, 2.75) is 84.5 Å². The molecule has 1 aliphatic heterocycles. The maximum atomic E-state index is 13.4. The second-order valence-electron chi connectivity index (χ2n) is 8.34. The molecule has 1 fully saturated rings. The fourth-order valence-corrected chi connectivity index (χ4v) is 3.50. The van der Waals surface area contributed by atoms with Gasteiger partial charge in [-0.3, -0.25) is 0 Å². The quantitative estimate of drug-likeness (QED) is 0.588. The summed E-state index contributed by atoms with van der Waals surface area (Å²) < 4.78 is 4.40. The maximum Gasteiger partial charge on any atom is 0.522 e. The number of imide groups is 1. The molecule has 2 N–H and O–H groups in total. The van der Waals surface area contributed by atoms with Crippen molar-refractivity contribution in [2.75, 3.05) is 0 Å². The van der Waals surface area contributed by atoms with Crippen LogP contribution >= 0.6 is 0 Å². The molecule has 0 spiro atoms. The first-order chi connectivity index (χ1) is 11.9. The SMILES string of the molecule is C#C[C@H]1CCC(C)[N+]1(C(=O)O)C(=O)C(CC(C)C)NC(=O)OC(C)(C)C. The van der Waals surface area contributed by atoms with E-state index in [0.717, 1.165) is 0 Å². The van der Waals surface area contributed by atoms with Gasteiger partial charge in [0.25, 0.3) is 0 Å². The van der Waals surface area contributed by atoms with Gasteiger partial charge in [-0.05, 0) is 46.0 Å². The molecule has 146 valence electrons. The number of carboxylic acid groups (broad SMARTS) is 1. The molecule has 0 aromatic rings. The van der Waals surface area contributed by atoms with Crippen molar-refractivity contribution >= 4 is 18.1 Å². The van der Waals surface area contributed by atoms with Gasteiger partial charge in [0.05, 0.1) is 0 Å². The molecular formula is C19H31N2O5+. The molecule has 1 rings (SSSR count). The highest BCUT2D eigenvalue weighted by Gasteiger charge is 2.61. The third-order valence-corrected chi connectivity index (χ3v) is 4.61. The summed E-state index contributed by atoms with van der Waals surface area (Å²) in [7, 11) is 0. The van der Waals surface area contributed by atoms with Crippen molar-refractivity contribution in [2.24, 2.45) is 5.92 Å². The Morgan fingerprint density at radius 2 is 1.88 bits per heavy atom. The lowest BCUT2D eigenvalue weighted by atomic mass is 10.0. The Hall–Kier alpha value is -2.07. The van der Waals surface area contributed by atoms with Crippen molar-refractivity contribution in [3.8, 4) is 12.3 Å². The number of carbonyl (C=O) groups is 3. The van der Waals surface area contributed by atoms with Crippen LogP contribution < -0.4 is 5.32 Å². The van der Waals surface area contributed by atoms with Gasteiger partial charge in [-0.25, -0.2) is 9.59 Å². The zero-order chi connectivity index (χ0) is 20.3. The summed E-state index contributed by atoms with van der Waals surface area (Å²) >= 11 is 0. The summed E-state index contributed by atoms with van der Waals surface area (Å²) in [5.74, 6) is 1.95. The molecule has 0 saturated carbocycles. The van der Waals surface area contributed by atoms with Crippen molar-refractivity contribution in [1.82, 2.24) is 5.32 Å². The van der Waals surface area contributed by atoms with Crippen LogP contribution in [0.15, 0.2) is 0 Å². The van der Waals surface area contributed by atoms with Crippen LogP contribution in [0.1, 0.15) is 60.8 Å². The average Bonchev–Trinajstić information content (AvgIpc) is 2.80. The van der Waals surface area contributed by atoms with Gasteiger partial charge >= 0.3 is 18.1 Å². The van der Waals surface area contributed by atoms with Gasteiger partial charge in [-0.2, -0.15) is 4.79 Å². The second kappa shape index (κ2) is 8.09. The fourth-order valence-electron chi connectivity index (χ4n) is 3.50. The minimum absolute atomic E-state index is 0.0647. The summed E-state index contributed by atoms with van der Waals surface area (Å²) in [6, 6.07) is -2.20. The van der Waals surface area contributed by atoms with Gasteiger partial charge in [0.15, 0.2) is 6.04 Å². The Balaban J connectivity index is 3.23. The van der Waals surface area contributed by atoms with E-state index in [0.29, 0.717) is 19.3 Å². The second-order valence-corrected chi connectivity index (χ2v) is 8.34. The molecule has 1 saturated heterocycles. The minimum atomic E-state index is -1.28. The monoisotopic (exact) mass is 367 g/mol. The van der Waals surface area contributed by atoms with Gasteiger partial charge in [-0.1, -0.05) is 13.8 Å². The van der Waals surface area contributed by atoms with Crippen LogP contribution in [0.5, 0.6) is 0 Å². The molecule has 26 heavy (non-hydrogen) atoms. The lowest BCUT2D eigenvalue weighted by Gasteiger charge is -2.36. The number of ether oxygens (including phenoxy) is 1. The third kappa shape index (κ3) is 4.55. The molecule has 0 aromatic heterocycles. The molecule has 1 heterocycles. The van der Waals surface area contributed by atoms with Gasteiger partial charge in [0, 0.05) is 12.8 Å². The Labute approximate surface area is 155 Å². The standard InChI is InChI=1S/C19H30N2O5/c1-8-14-10-9-13(4)21(14,18(24)25)16(22)15(11-12(2)3)20-17(23)26-19(5,6)7/h1,12-15H,9-11H2,2-7H3,(H-,20,23,24,25)/p+1/t13?,14-,15?,21?/m0/s1. The minimum Gasteiger partial charge on any atom is -0.444 e. The Bertz CT molecular complexity index is 602. The molecule has 0 aromatic carbocycles. The average molecular weight is 367 g/mol. The Morgan fingerprint density at radius 3 is 2.31 bits per heavy atom. The number of likely N-dealkylation sites (tertiary alicyclic amines) is 1. The maximum absolute atomic E-state index is 13.4. The highest BCUT2D eigenvalue weighted by Crippen LogP contribution is 2.35. The highest BCUT2D eigenvalue weighted by molar-refractivity contribution is 5.88. The largest absolute Gasteiger partial charge is 0.522 e. The zero-order valence-electron chi connectivity index (χ0n) is 16.5. The van der Waals surface area contributed by atoms with Crippen LogP contribution in [0.3, 0.4) is 0 Å². The molecule has 0 bridgehead atoms. The van der Waals surface area contributed by atoms with E-state index in [9.17, 15) is 19.5 Å². The van der Waals surface area contributed by atoms with Crippen LogP contribution in [0.2, 0.25) is 0 Å². The summed E-state index contributed by atoms with van der Waals surface area (Å²) in [5, 5.41) is 12.5. The van der Waals surface area contributed by atoms with Gasteiger partial charge in [0.2, 0.25) is 0 Å². The molecule has 3 amide bonds. The molecule has 0 aliphatic carbocycles. The van der Waals surface area contributed by atoms with Crippen LogP contribution in [-0.4, -0.2) is 51.4 Å². The number of hydrogen-bond donors (Lipinski definition) is 2. The van der Waals surface area contributed by atoms with E-state index in [-0.39, 0.29) is 5.92 Å². The number of alkyl carbamates (subject to hydrolysis) is 1. The number of terminal acetylenes is 1.